The smallest absolute Gasteiger partial charge is 0.330 e. The van der Waals surface area contributed by atoms with E-state index in [1.807, 2.05) is 6.92 Å². The number of rotatable bonds is 3. The van der Waals surface area contributed by atoms with E-state index in [2.05, 4.69) is 4.98 Å². The topological polar surface area (TPSA) is 80.9 Å². The standard InChI is InChI=1S/C12H18N4O3S/c1-2-3-15-6-19-7-16(12(15)17)11-14-10-8(13)4-18-5-9(10)20-11/h8H,2-7,13H2,1H3. The van der Waals surface area contributed by atoms with Crippen molar-refractivity contribution in [1.82, 2.24) is 9.88 Å². The van der Waals surface area contributed by atoms with Gasteiger partial charge in [-0.1, -0.05) is 18.3 Å². The average Bonchev–Trinajstić information content (AvgIpc) is 2.87. The van der Waals surface area contributed by atoms with Gasteiger partial charge in [0.25, 0.3) is 0 Å². The Labute approximate surface area is 121 Å². The third-order valence-electron chi connectivity index (χ3n) is 3.29. The molecule has 1 aromatic heterocycles. The minimum absolute atomic E-state index is 0.0568. The lowest BCUT2D eigenvalue weighted by molar-refractivity contribution is 0.0245. The Morgan fingerprint density at radius 1 is 1.45 bits per heavy atom. The summed E-state index contributed by atoms with van der Waals surface area (Å²) in [7, 11) is 0. The summed E-state index contributed by atoms with van der Waals surface area (Å²) in [6.45, 7) is 4.29. The molecule has 0 aliphatic carbocycles. The zero-order chi connectivity index (χ0) is 14.1. The number of hydrogen-bond donors (Lipinski definition) is 1. The molecule has 1 fully saturated rings. The summed E-state index contributed by atoms with van der Waals surface area (Å²) in [6, 6.07) is -0.269. The zero-order valence-corrected chi connectivity index (χ0v) is 12.2. The maximum Gasteiger partial charge on any atom is 0.330 e. The number of aromatic nitrogens is 1. The monoisotopic (exact) mass is 298 g/mol. The Hall–Kier alpha value is -1.22. The van der Waals surface area contributed by atoms with Crippen molar-refractivity contribution in [3.05, 3.63) is 10.6 Å². The van der Waals surface area contributed by atoms with Crippen LogP contribution in [0.1, 0.15) is 30.0 Å². The predicted octanol–water partition coefficient (Wildman–Crippen LogP) is 1.26. The van der Waals surface area contributed by atoms with E-state index < -0.39 is 0 Å². The summed E-state index contributed by atoms with van der Waals surface area (Å²) in [4.78, 5) is 21.1. The molecule has 0 saturated carbocycles. The average molecular weight is 298 g/mol. The molecule has 1 unspecified atom stereocenters. The van der Waals surface area contributed by atoms with Crippen molar-refractivity contribution in [3.8, 4) is 0 Å². The summed E-state index contributed by atoms with van der Waals surface area (Å²) >= 11 is 1.45. The Kier molecular flexibility index (Phi) is 3.88. The molecule has 1 saturated heterocycles. The summed E-state index contributed by atoms with van der Waals surface area (Å²) in [5, 5.41) is 0.641. The van der Waals surface area contributed by atoms with Crippen molar-refractivity contribution in [2.75, 3.05) is 31.5 Å². The third-order valence-corrected chi connectivity index (χ3v) is 4.36. The number of carbonyl (C=O) groups excluding carboxylic acids is 1. The van der Waals surface area contributed by atoms with Gasteiger partial charge >= 0.3 is 6.03 Å². The zero-order valence-electron chi connectivity index (χ0n) is 11.4. The van der Waals surface area contributed by atoms with Crippen LogP contribution in [0.15, 0.2) is 0 Å². The Morgan fingerprint density at radius 2 is 2.30 bits per heavy atom. The van der Waals surface area contributed by atoms with E-state index in [0.29, 0.717) is 31.6 Å². The maximum atomic E-state index is 12.4. The van der Waals surface area contributed by atoms with Crippen molar-refractivity contribution in [2.24, 2.45) is 5.73 Å². The van der Waals surface area contributed by atoms with E-state index in [4.69, 9.17) is 15.2 Å². The molecule has 2 N–H and O–H groups in total. The van der Waals surface area contributed by atoms with E-state index in [-0.39, 0.29) is 18.8 Å². The Balaban J connectivity index is 1.83. The van der Waals surface area contributed by atoms with Crippen LogP contribution in [-0.4, -0.2) is 42.5 Å². The lowest BCUT2D eigenvalue weighted by atomic mass is 10.2. The number of urea groups is 1. The first-order valence-electron chi connectivity index (χ1n) is 6.67. The van der Waals surface area contributed by atoms with Gasteiger partial charge in [-0.15, -0.1) is 0 Å². The minimum atomic E-state index is -0.212. The molecule has 0 aromatic carbocycles. The quantitative estimate of drug-likeness (QED) is 0.908. The largest absolute Gasteiger partial charge is 0.374 e. The molecule has 7 nitrogen and oxygen atoms in total. The Bertz CT molecular complexity index is 505. The summed E-state index contributed by atoms with van der Waals surface area (Å²) < 4.78 is 10.9. The van der Waals surface area contributed by atoms with Crippen LogP contribution >= 0.6 is 11.3 Å². The second-order valence-corrected chi connectivity index (χ2v) is 5.92. The second kappa shape index (κ2) is 5.65. The van der Waals surface area contributed by atoms with E-state index in [0.717, 1.165) is 17.0 Å². The SMILES string of the molecule is CCCN1COCN(c2nc3c(s2)COCC3N)C1=O. The number of hydrogen-bond acceptors (Lipinski definition) is 6. The molecule has 3 heterocycles. The first-order chi connectivity index (χ1) is 9.70. The predicted molar refractivity (Wildman–Crippen MR) is 74.4 cm³/mol. The highest BCUT2D eigenvalue weighted by Gasteiger charge is 2.31. The summed E-state index contributed by atoms with van der Waals surface area (Å²) in [5.41, 5.74) is 6.82. The molecule has 3 rings (SSSR count). The molecule has 1 aromatic rings. The fourth-order valence-electron chi connectivity index (χ4n) is 2.31. The van der Waals surface area contributed by atoms with Crippen molar-refractivity contribution in [1.29, 1.82) is 0 Å². The molecule has 0 bridgehead atoms. The number of amides is 2. The van der Waals surface area contributed by atoms with Crippen molar-refractivity contribution in [2.45, 2.75) is 26.0 Å². The van der Waals surface area contributed by atoms with Crippen LogP contribution in [0.2, 0.25) is 0 Å². The lowest BCUT2D eigenvalue weighted by Crippen LogP contribution is -2.50. The number of ether oxygens (including phenoxy) is 2. The molecule has 2 aliphatic heterocycles. The van der Waals surface area contributed by atoms with Crippen LogP contribution < -0.4 is 10.6 Å². The highest BCUT2D eigenvalue weighted by atomic mass is 32.1. The molecule has 20 heavy (non-hydrogen) atoms. The number of anilines is 1. The minimum Gasteiger partial charge on any atom is -0.374 e. The highest BCUT2D eigenvalue weighted by molar-refractivity contribution is 7.15. The van der Waals surface area contributed by atoms with Crippen LogP contribution in [-0.2, 0) is 16.1 Å². The van der Waals surface area contributed by atoms with Gasteiger partial charge in [-0.25, -0.2) is 14.7 Å². The van der Waals surface area contributed by atoms with Gasteiger partial charge in [0, 0.05) is 6.54 Å². The van der Waals surface area contributed by atoms with Crippen LogP contribution in [0, 0.1) is 0 Å². The van der Waals surface area contributed by atoms with Gasteiger partial charge in [-0.05, 0) is 6.42 Å². The molecule has 1 atom stereocenters. The third kappa shape index (κ3) is 2.39. The number of carbonyl (C=O) groups is 1. The van der Waals surface area contributed by atoms with Crippen LogP contribution in [0.25, 0.3) is 0 Å². The molecule has 8 heteroatoms. The first-order valence-corrected chi connectivity index (χ1v) is 7.49. The van der Waals surface area contributed by atoms with Crippen LogP contribution in [0.5, 0.6) is 0 Å². The molecule has 0 spiro atoms. The van der Waals surface area contributed by atoms with Crippen LogP contribution in [0.4, 0.5) is 9.93 Å². The maximum absolute atomic E-state index is 12.4. The fraction of sp³-hybridized carbons (Fsp3) is 0.667. The molecule has 110 valence electrons. The van der Waals surface area contributed by atoms with Crippen LogP contribution in [0.3, 0.4) is 0 Å². The van der Waals surface area contributed by atoms with Gasteiger partial charge in [-0.3, -0.25) is 0 Å². The second-order valence-electron chi connectivity index (χ2n) is 4.86. The highest BCUT2D eigenvalue weighted by Crippen LogP contribution is 2.33. The number of thiazole rings is 1. The van der Waals surface area contributed by atoms with E-state index in [1.165, 1.54) is 11.3 Å². The van der Waals surface area contributed by atoms with Gasteiger partial charge in [0.2, 0.25) is 0 Å². The van der Waals surface area contributed by atoms with Gasteiger partial charge in [-0.2, -0.15) is 0 Å². The molecule has 2 aliphatic rings. The summed E-state index contributed by atoms with van der Waals surface area (Å²) in [5.74, 6) is 0. The number of nitrogens with two attached hydrogens (primary N) is 1. The molecular formula is C12H18N4O3S. The van der Waals surface area contributed by atoms with E-state index in [1.54, 1.807) is 9.80 Å². The van der Waals surface area contributed by atoms with Gasteiger partial charge in [0.15, 0.2) is 5.13 Å². The van der Waals surface area contributed by atoms with Crippen molar-refractivity contribution < 1.29 is 14.3 Å². The van der Waals surface area contributed by atoms with E-state index in [9.17, 15) is 4.79 Å². The van der Waals surface area contributed by atoms with E-state index >= 15 is 0 Å². The van der Waals surface area contributed by atoms with Gasteiger partial charge < -0.3 is 20.1 Å². The summed E-state index contributed by atoms with van der Waals surface area (Å²) in [6.07, 6.45) is 0.899. The fourth-order valence-corrected chi connectivity index (χ4v) is 3.36. The number of nitrogens with zero attached hydrogens (tertiary/aromatic N) is 3. The molecule has 2 amide bonds. The van der Waals surface area contributed by atoms with Gasteiger partial charge in [0.1, 0.15) is 13.5 Å². The van der Waals surface area contributed by atoms with Gasteiger partial charge in [0.05, 0.1) is 29.8 Å². The lowest BCUT2D eigenvalue weighted by Gasteiger charge is -2.33. The normalized spacial score (nSPS) is 23.1. The van der Waals surface area contributed by atoms with Crippen molar-refractivity contribution in [3.63, 3.8) is 0 Å². The molecule has 0 radical (unpaired) electrons. The Morgan fingerprint density at radius 3 is 3.05 bits per heavy atom. The van der Waals surface area contributed by atoms with Crippen molar-refractivity contribution >= 4 is 22.5 Å². The molecular weight excluding hydrogens is 280 g/mol. The number of fused-ring (bicyclic) bond motifs is 1. The first kappa shape index (κ1) is 13.7.